The average molecular weight is 324 g/mol. The quantitative estimate of drug-likeness (QED) is 0.857. The van der Waals surface area contributed by atoms with Gasteiger partial charge in [-0.1, -0.05) is 42.1 Å². The minimum atomic E-state index is -0.426. The van der Waals surface area contributed by atoms with E-state index in [0.29, 0.717) is 17.5 Å². The van der Waals surface area contributed by atoms with E-state index in [1.54, 1.807) is 11.8 Å². The fourth-order valence-electron chi connectivity index (χ4n) is 2.62. The van der Waals surface area contributed by atoms with Gasteiger partial charge in [-0.25, -0.2) is 0 Å². The van der Waals surface area contributed by atoms with Gasteiger partial charge in [0.05, 0.1) is 11.3 Å². The van der Waals surface area contributed by atoms with Crippen LogP contribution in [0.25, 0.3) is 0 Å². The number of nitrogens with zero attached hydrogens (tertiary/aromatic N) is 2. The minimum Gasteiger partial charge on any atom is -0.337 e. The van der Waals surface area contributed by atoms with Gasteiger partial charge in [-0.2, -0.15) is 4.98 Å². The summed E-state index contributed by atoms with van der Waals surface area (Å²) in [6, 6.07) is 7.74. The maximum Gasteiger partial charge on any atom is 0.246 e. The third-order valence-electron chi connectivity index (χ3n) is 3.80. The van der Waals surface area contributed by atoms with Gasteiger partial charge in [-0.3, -0.25) is 0 Å². The van der Waals surface area contributed by atoms with Crippen molar-refractivity contribution in [3.63, 3.8) is 0 Å². The molecule has 4 nitrogen and oxygen atoms in total. The van der Waals surface area contributed by atoms with Gasteiger partial charge in [-0.05, 0) is 31.0 Å². The summed E-state index contributed by atoms with van der Waals surface area (Å²) in [5.74, 6) is 1.93. The lowest BCUT2D eigenvalue weighted by molar-refractivity contribution is 0.219. The summed E-state index contributed by atoms with van der Waals surface area (Å²) in [5, 5.41) is 4.79. The van der Waals surface area contributed by atoms with Gasteiger partial charge in [0.2, 0.25) is 5.89 Å². The highest BCUT2D eigenvalue weighted by Crippen LogP contribution is 2.34. The summed E-state index contributed by atoms with van der Waals surface area (Å²) < 4.78 is 5.39. The Hall–Kier alpha value is -1.04. The third kappa shape index (κ3) is 3.59. The van der Waals surface area contributed by atoms with Crippen LogP contribution in [0.1, 0.15) is 43.8 Å². The van der Waals surface area contributed by atoms with Crippen LogP contribution in [0.3, 0.4) is 0 Å². The molecule has 6 heteroatoms. The molecule has 1 heterocycles. The molecule has 0 saturated heterocycles. The minimum absolute atomic E-state index is 0.426. The largest absolute Gasteiger partial charge is 0.337 e. The molecule has 0 atom stereocenters. The van der Waals surface area contributed by atoms with Crippen molar-refractivity contribution >= 4 is 23.4 Å². The molecule has 1 fully saturated rings. The predicted octanol–water partition coefficient (Wildman–Crippen LogP) is 4.13. The number of thioether (sulfide) groups is 1. The monoisotopic (exact) mass is 323 g/mol. The van der Waals surface area contributed by atoms with Crippen LogP contribution in [-0.4, -0.2) is 10.1 Å². The molecule has 0 unspecified atom stereocenters. The van der Waals surface area contributed by atoms with Gasteiger partial charge in [0, 0.05) is 9.92 Å². The second-order valence-electron chi connectivity index (χ2n) is 5.48. The Morgan fingerprint density at radius 1 is 1.29 bits per heavy atom. The van der Waals surface area contributed by atoms with Crippen molar-refractivity contribution in [2.75, 3.05) is 0 Å². The molecule has 2 aromatic rings. The van der Waals surface area contributed by atoms with E-state index in [0.717, 1.165) is 35.6 Å². The van der Waals surface area contributed by atoms with Gasteiger partial charge < -0.3 is 10.3 Å². The van der Waals surface area contributed by atoms with E-state index >= 15 is 0 Å². The van der Waals surface area contributed by atoms with Crippen LogP contribution in [0.2, 0.25) is 5.02 Å². The molecule has 1 aromatic heterocycles. The van der Waals surface area contributed by atoms with Crippen molar-refractivity contribution in [1.29, 1.82) is 0 Å². The lowest BCUT2D eigenvalue weighted by Crippen LogP contribution is -2.38. The summed E-state index contributed by atoms with van der Waals surface area (Å²) in [4.78, 5) is 5.58. The Kier molecular flexibility index (Phi) is 4.52. The number of rotatable bonds is 4. The highest BCUT2D eigenvalue weighted by molar-refractivity contribution is 7.98. The molecular weight excluding hydrogens is 306 g/mol. The SMILES string of the molecule is NC1(c2nc(CSc3cccc(Cl)c3)no2)CCCCC1. The summed E-state index contributed by atoms with van der Waals surface area (Å²) in [7, 11) is 0. The van der Waals surface area contributed by atoms with Crippen LogP contribution < -0.4 is 5.73 Å². The zero-order valence-electron chi connectivity index (χ0n) is 11.7. The van der Waals surface area contributed by atoms with Crippen molar-refractivity contribution < 1.29 is 4.52 Å². The number of benzene rings is 1. The first-order chi connectivity index (χ1) is 10.2. The van der Waals surface area contributed by atoms with E-state index in [9.17, 15) is 0 Å². The first-order valence-corrected chi connectivity index (χ1v) is 8.52. The third-order valence-corrected chi connectivity index (χ3v) is 5.03. The number of aromatic nitrogens is 2. The van der Waals surface area contributed by atoms with E-state index in [-0.39, 0.29) is 0 Å². The lowest BCUT2D eigenvalue weighted by Gasteiger charge is -2.29. The number of hydrogen-bond acceptors (Lipinski definition) is 5. The van der Waals surface area contributed by atoms with Crippen molar-refractivity contribution in [1.82, 2.24) is 10.1 Å². The van der Waals surface area contributed by atoms with E-state index in [1.807, 2.05) is 24.3 Å². The topological polar surface area (TPSA) is 64.9 Å². The van der Waals surface area contributed by atoms with Crippen LogP contribution in [0, 0.1) is 0 Å². The van der Waals surface area contributed by atoms with Gasteiger partial charge in [0.1, 0.15) is 0 Å². The molecule has 0 bridgehead atoms. The lowest BCUT2D eigenvalue weighted by atomic mass is 9.82. The molecule has 1 aliphatic carbocycles. The molecule has 0 spiro atoms. The fraction of sp³-hybridized carbons (Fsp3) is 0.467. The summed E-state index contributed by atoms with van der Waals surface area (Å²) >= 11 is 7.61. The van der Waals surface area contributed by atoms with E-state index in [4.69, 9.17) is 21.9 Å². The zero-order valence-corrected chi connectivity index (χ0v) is 13.3. The van der Waals surface area contributed by atoms with Crippen LogP contribution in [0.15, 0.2) is 33.7 Å². The average Bonchev–Trinajstić information content (AvgIpc) is 2.96. The van der Waals surface area contributed by atoms with Crippen LogP contribution in [-0.2, 0) is 11.3 Å². The molecule has 1 aliphatic rings. The molecule has 0 amide bonds. The van der Waals surface area contributed by atoms with E-state index < -0.39 is 5.54 Å². The highest BCUT2D eigenvalue weighted by Gasteiger charge is 2.35. The summed E-state index contributed by atoms with van der Waals surface area (Å²) in [6.07, 6.45) is 5.35. The van der Waals surface area contributed by atoms with Crippen LogP contribution >= 0.6 is 23.4 Å². The van der Waals surface area contributed by atoms with Crippen molar-refractivity contribution in [2.24, 2.45) is 5.73 Å². The van der Waals surface area contributed by atoms with E-state index in [2.05, 4.69) is 10.1 Å². The fourth-order valence-corrected chi connectivity index (χ4v) is 3.67. The molecule has 1 aromatic carbocycles. The van der Waals surface area contributed by atoms with Gasteiger partial charge in [0.15, 0.2) is 5.82 Å². The Morgan fingerprint density at radius 3 is 2.86 bits per heavy atom. The smallest absolute Gasteiger partial charge is 0.246 e. The second-order valence-corrected chi connectivity index (χ2v) is 6.96. The Labute approximate surface area is 133 Å². The highest BCUT2D eigenvalue weighted by atomic mass is 35.5. The summed E-state index contributed by atoms with van der Waals surface area (Å²) in [6.45, 7) is 0. The molecule has 1 saturated carbocycles. The molecule has 3 rings (SSSR count). The second kappa shape index (κ2) is 6.38. The molecule has 21 heavy (non-hydrogen) atoms. The van der Waals surface area contributed by atoms with Crippen LogP contribution in [0.5, 0.6) is 0 Å². The van der Waals surface area contributed by atoms with Crippen molar-refractivity contribution in [3.8, 4) is 0 Å². The molecule has 112 valence electrons. The maximum absolute atomic E-state index is 6.40. The number of halogens is 1. The maximum atomic E-state index is 6.40. The summed E-state index contributed by atoms with van der Waals surface area (Å²) in [5.41, 5.74) is 5.97. The first kappa shape index (κ1) is 14.9. The Morgan fingerprint density at radius 2 is 2.10 bits per heavy atom. The molecule has 2 N–H and O–H groups in total. The number of nitrogens with two attached hydrogens (primary N) is 1. The van der Waals surface area contributed by atoms with E-state index in [1.165, 1.54) is 6.42 Å². The zero-order chi connectivity index (χ0) is 14.7. The molecule has 0 aliphatic heterocycles. The Bertz CT molecular complexity index is 610. The molecular formula is C15H18ClN3OS. The van der Waals surface area contributed by atoms with Gasteiger partial charge in [0.25, 0.3) is 0 Å². The van der Waals surface area contributed by atoms with Gasteiger partial charge in [-0.15, -0.1) is 11.8 Å². The van der Waals surface area contributed by atoms with Gasteiger partial charge >= 0.3 is 0 Å². The number of hydrogen-bond donors (Lipinski definition) is 1. The van der Waals surface area contributed by atoms with Crippen molar-refractivity contribution in [3.05, 3.63) is 41.0 Å². The normalized spacial score (nSPS) is 17.8. The first-order valence-electron chi connectivity index (χ1n) is 7.16. The predicted molar refractivity (Wildman–Crippen MR) is 84.3 cm³/mol. The standard InChI is InChI=1S/C15H18ClN3OS/c16-11-5-4-6-12(9-11)21-10-13-18-14(20-19-13)15(17)7-2-1-3-8-15/h4-6,9H,1-3,7-8,10,17H2. The molecule has 0 radical (unpaired) electrons. The Balaban J connectivity index is 1.65. The van der Waals surface area contributed by atoms with Crippen molar-refractivity contribution in [2.45, 2.75) is 48.3 Å². The van der Waals surface area contributed by atoms with Crippen LogP contribution in [0.4, 0.5) is 0 Å².